The van der Waals surface area contributed by atoms with Gasteiger partial charge in [0, 0.05) is 41.3 Å². The number of hydrogen-bond donors (Lipinski definition) is 0. The van der Waals surface area contributed by atoms with Crippen LogP contribution in [0.15, 0.2) is 97.6 Å². The van der Waals surface area contributed by atoms with Gasteiger partial charge in [0.2, 0.25) is 0 Å². The van der Waals surface area contributed by atoms with Gasteiger partial charge in [-0.15, -0.1) is 0 Å². The third-order valence-corrected chi connectivity index (χ3v) is 5.82. The molecular weight excluding hydrogens is 356 g/mol. The largest absolute Gasteiger partial charge is 0.289 e. The van der Waals surface area contributed by atoms with E-state index in [1.54, 1.807) is 6.20 Å². The van der Waals surface area contributed by atoms with E-state index in [9.17, 15) is 4.79 Å². The molecule has 0 radical (unpaired) electrons. The van der Waals surface area contributed by atoms with E-state index in [-0.39, 0.29) is 12.0 Å². The molecule has 3 heteroatoms. The number of hydrogen-bond acceptors (Lipinski definition) is 3. The van der Waals surface area contributed by atoms with Gasteiger partial charge in [-0.1, -0.05) is 48.5 Å². The van der Waals surface area contributed by atoms with E-state index in [0.717, 1.165) is 39.8 Å². The fourth-order valence-electron chi connectivity index (χ4n) is 4.58. The number of benzene rings is 2. The highest BCUT2D eigenvalue weighted by Gasteiger charge is 2.43. The Hall–Kier alpha value is -3.59. The van der Waals surface area contributed by atoms with E-state index in [1.807, 2.05) is 73.1 Å². The molecule has 0 amide bonds. The first-order valence-corrected chi connectivity index (χ1v) is 9.71. The zero-order valence-electron chi connectivity index (χ0n) is 16.9. The molecule has 0 bridgehead atoms. The molecule has 2 heterocycles. The van der Waals surface area contributed by atoms with E-state index >= 15 is 0 Å². The molecule has 0 saturated carbocycles. The van der Waals surface area contributed by atoms with Crippen molar-refractivity contribution in [2.75, 3.05) is 0 Å². The summed E-state index contributed by atoms with van der Waals surface area (Å²) in [5, 5.41) is 0. The Morgan fingerprint density at radius 2 is 1.21 bits per heavy atom. The van der Waals surface area contributed by atoms with Crippen molar-refractivity contribution in [1.82, 2.24) is 9.97 Å². The van der Waals surface area contributed by atoms with Crippen LogP contribution in [0.4, 0.5) is 0 Å². The van der Waals surface area contributed by atoms with Crippen LogP contribution in [0, 0.1) is 0 Å². The highest BCUT2D eigenvalue weighted by Crippen LogP contribution is 2.46. The van der Waals surface area contributed by atoms with Crippen molar-refractivity contribution in [1.29, 1.82) is 0 Å². The van der Waals surface area contributed by atoms with Gasteiger partial charge in [0.25, 0.3) is 0 Å². The van der Waals surface area contributed by atoms with Crippen molar-refractivity contribution >= 4 is 5.78 Å². The summed E-state index contributed by atoms with van der Waals surface area (Å²) < 4.78 is 7.99. The topological polar surface area (TPSA) is 42.9 Å². The molecular formula is C26H20N2O. The number of ketones is 1. The van der Waals surface area contributed by atoms with Crippen LogP contribution in [0.5, 0.6) is 0 Å². The van der Waals surface area contributed by atoms with Gasteiger partial charge >= 0.3 is 0 Å². The zero-order chi connectivity index (χ0) is 20.6. The molecule has 2 aromatic heterocycles. The number of nitrogens with zero attached hydrogens (tertiary/aromatic N) is 2. The van der Waals surface area contributed by atoms with Crippen LogP contribution in [0.1, 0.15) is 39.5 Å². The van der Waals surface area contributed by atoms with Crippen LogP contribution in [0.25, 0.3) is 0 Å². The molecule has 0 aliphatic heterocycles. The van der Waals surface area contributed by atoms with Crippen LogP contribution < -0.4 is 0 Å². The van der Waals surface area contributed by atoms with Crippen molar-refractivity contribution in [2.45, 2.75) is 18.3 Å². The first-order valence-electron chi connectivity index (χ1n) is 10.2. The summed E-state index contributed by atoms with van der Waals surface area (Å²) in [6.45, 7) is 0. The second kappa shape index (κ2) is 7.10. The summed E-state index contributed by atoms with van der Waals surface area (Å²) in [4.78, 5) is 21.5. The van der Waals surface area contributed by atoms with Gasteiger partial charge in [-0.25, -0.2) is 0 Å². The lowest BCUT2D eigenvalue weighted by Gasteiger charge is -2.41. The Morgan fingerprint density at radius 1 is 0.690 bits per heavy atom. The first kappa shape index (κ1) is 16.4. The summed E-state index contributed by atoms with van der Waals surface area (Å²) in [5.74, 6) is 0.0717. The second-order valence-electron chi connectivity index (χ2n) is 7.50. The van der Waals surface area contributed by atoms with Gasteiger partial charge in [-0.2, -0.15) is 0 Å². The van der Waals surface area contributed by atoms with E-state index in [1.165, 1.54) is 0 Å². The lowest BCUT2D eigenvalue weighted by Crippen LogP contribution is -2.39. The van der Waals surface area contributed by atoms with Gasteiger partial charge in [-0.05, 0) is 59.4 Å². The van der Waals surface area contributed by atoms with E-state index in [2.05, 4.69) is 22.1 Å². The summed E-state index contributed by atoms with van der Waals surface area (Å²) in [6, 6.07) is 23.7. The summed E-state index contributed by atoms with van der Waals surface area (Å²) in [7, 11) is 0. The molecule has 1 aliphatic rings. The monoisotopic (exact) mass is 377 g/mol. The summed E-state index contributed by atoms with van der Waals surface area (Å²) >= 11 is 0. The SMILES string of the molecule is [2H]c1cc(CC2(Cc3ccncc3)c3ccccc3C(=O)c3ccccc32)ccn1. The number of carbonyl (C=O) groups excluding carboxylic acids is 1. The third-order valence-electron chi connectivity index (χ3n) is 5.82. The van der Waals surface area contributed by atoms with Crippen LogP contribution in [-0.4, -0.2) is 15.8 Å². The molecule has 29 heavy (non-hydrogen) atoms. The predicted molar refractivity (Wildman–Crippen MR) is 113 cm³/mol. The molecule has 3 nitrogen and oxygen atoms in total. The predicted octanol–water partition coefficient (Wildman–Crippen LogP) is 4.79. The average Bonchev–Trinajstić information content (AvgIpc) is 2.78. The normalized spacial score (nSPS) is 14.6. The number of pyridine rings is 2. The maximum Gasteiger partial charge on any atom is 0.193 e. The second-order valence-corrected chi connectivity index (χ2v) is 7.50. The minimum absolute atomic E-state index is 0.0717. The van der Waals surface area contributed by atoms with Gasteiger partial charge in [0.15, 0.2) is 5.78 Å². The summed E-state index contributed by atoms with van der Waals surface area (Å²) in [5.41, 5.74) is 5.33. The Kier molecular flexibility index (Phi) is 4.01. The average molecular weight is 377 g/mol. The molecule has 0 spiro atoms. The van der Waals surface area contributed by atoms with Crippen LogP contribution in [-0.2, 0) is 18.3 Å². The van der Waals surface area contributed by atoms with E-state index in [0.29, 0.717) is 6.42 Å². The Morgan fingerprint density at radius 3 is 1.79 bits per heavy atom. The molecule has 140 valence electrons. The quantitative estimate of drug-likeness (QED) is 0.513. The van der Waals surface area contributed by atoms with Crippen molar-refractivity contribution in [2.24, 2.45) is 0 Å². The first-order chi connectivity index (χ1) is 14.7. The van der Waals surface area contributed by atoms with Gasteiger partial charge in [-0.3, -0.25) is 14.8 Å². The van der Waals surface area contributed by atoms with Crippen LogP contribution >= 0.6 is 0 Å². The Labute approximate surface area is 171 Å². The van der Waals surface area contributed by atoms with Gasteiger partial charge < -0.3 is 0 Å². The molecule has 0 N–H and O–H groups in total. The number of carbonyl (C=O) groups is 1. The van der Waals surface area contributed by atoms with Crippen molar-refractivity contribution in [3.63, 3.8) is 0 Å². The molecule has 0 atom stereocenters. The Bertz CT molecular complexity index is 1190. The zero-order valence-corrected chi connectivity index (χ0v) is 15.9. The molecule has 0 unspecified atom stereocenters. The van der Waals surface area contributed by atoms with Crippen LogP contribution in [0.3, 0.4) is 0 Å². The van der Waals surface area contributed by atoms with Gasteiger partial charge in [0.1, 0.15) is 0 Å². The highest BCUT2D eigenvalue weighted by atomic mass is 16.1. The summed E-state index contributed by atoms with van der Waals surface area (Å²) in [6.07, 6.45) is 6.95. The fourth-order valence-corrected chi connectivity index (χ4v) is 4.58. The smallest absolute Gasteiger partial charge is 0.193 e. The number of fused-ring (bicyclic) bond motifs is 2. The molecule has 0 saturated heterocycles. The molecule has 2 aromatic carbocycles. The standard InChI is InChI=1S/C26H20N2O/c29-25-21-5-1-3-7-23(21)26(17-19-9-13-27-14-10-19,18-20-11-15-28-16-12-20)24-8-4-2-6-22(24)25/h1-16H,17-18H2/i13D. The number of rotatable bonds is 4. The van der Waals surface area contributed by atoms with Crippen molar-refractivity contribution in [3.05, 3.63) is 131 Å². The minimum Gasteiger partial charge on any atom is -0.289 e. The molecule has 0 fully saturated rings. The molecule has 5 rings (SSSR count). The maximum atomic E-state index is 13.3. The Balaban J connectivity index is 1.79. The van der Waals surface area contributed by atoms with Crippen molar-refractivity contribution in [3.8, 4) is 0 Å². The molecule has 1 aliphatic carbocycles. The maximum absolute atomic E-state index is 13.3. The fraction of sp³-hybridized carbons (Fsp3) is 0.115. The number of aromatic nitrogens is 2. The lowest BCUT2D eigenvalue weighted by molar-refractivity contribution is 0.102. The van der Waals surface area contributed by atoms with E-state index < -0.39 is 5.41 Å². The third kappa shape index (κ3) is 2.95. The van der Waals surface area contributed by atoms with E-state index in [4.69, 9.17) is 1.37 Å². The van der Waals surface area contributed by atoms with Crippen LogP contribution in [0.2, 0.25) is 0 Å². The lowest BCUT2D eigenvalue weighted by atomic mass is 9.61. The molecule has 4 aromatic rings. The highest BCUT2D eigenvalue weighted by molar-refractivity contribution is 6.13. The van der Waals surface area contributed by atoms with Gasteiger partial charge in [0.05, 0.1) is 1.37 Å². The minimum atomic E-state index is -0.434. The van der Waals surface area contributed by atoms with Crippen molar-refractivity contribution < 1.29 is 6.17 Å².